The first-order valence-electron chi connectivity index (χ1n) is 10.4. The summed E-state index contributed by atoms with van der Waals surface area (Å²) >= 11 is 0. The van der Waals surface area contributed by atoms with Gasteiger partial charge in [0.2, 0.25) is 0 Å². The fourth-order valence-electron chi connectivity index (χ4n) is 4.01. The first-order chi connectivity index (χ1) is 16.5. The van der Waals surface area contributed by atoms with Crippen molar-refractivity contribution < 1.29 is 13.5 Å². The molecule has 170 valence electrons. The van der Waals surface area contributed by atoms with Crippen LogP contribution in [-0.4, -0.2) is 32.8 Å². The molecule has 0 saturated heterocycles. The maximum Gasteiger partial charge on any atom is 0.419 e. The van der Waals surface area contributed by atoms with Gasteiger partial charge in [-0.05, 0) is 36.4 Å². The van der Waals surface area contributed by atoms with Gasteiger partial charge in [0.05, 0.1) is 23.8 Å². The third-order valence-electron chi connectivity index (χ3n) is 5.70. The van der Waals surface area contributed by atoms with Crippen LogP contribution in [0, 0.1) is 17.1 Å². The summed E-state index contributed by atoms with van der Waals surface area (Å²) in [4.78, 5) is 20.3. The zero-order chi connectivity index (χ0) is 23.8. The minimum absolute atomic E-state index is 0.320. The number of methoxy groups -OCH3 is 1. The third-order valence-corrected chi connectivity index (χ3v) is 5.70. The first kappa shape index (κ1) is 21.2. The zero-order valence-corrected chi connectivity index (χ0v) is 18.4. The Morgan fingerprint density at radius 1 is 1.21 bits per heavy atom. The predicted octanol–water partition coefficient (Wildman–Crippen LogP) is 3.67. The molecular weight excluding hydrogens is 439 g/mol. The molecule has 0 aliphatic rings. The minimum Gasteiger partial charge on any atom is -0.496 e. The lowest BCUT2D eigenvalue weighted by Crippen LogP contribution is -2.13. The Morgan fingerprint density at radius 3 is 2.85 bits per heavy atom. The summed E-state index contributed by atoms with van der Waals surface area (Å²) in [5, 5.41) is 13.3. The Hall–Kier alpha value is -4.65. The lowest BCUT2D eigenvalue weighted by Gasteiger charge is -2.11. The van der Waals surface area contributed by atoms with Gasteiger partial charge >= 0.3 is 5.76 Å². The van der Waals surface area contributed by atoms with Gasteiger partial charge in [-0.25, -0.2) is 19.2 Å². The van der Waals surface area contributed by atoms with E-state index in [-0.39, 0.29) is 0 Å². The molecule has 9 nitrogen and oxygen atoms in total. The number of halogens is 1. The summed E-state index contributed by atoms with van der Waals surface area (Å²) in [6, 6.07) is 13.8. The molecule has 0 unspecified atom stereocenters. The molecule has 3 heterocycles. The fourth-order valence-corrected chi connectivity index (χ4v) is 4.01. The average Bonchev–Trinajstić information content (AvgIpc) is 3.37. The molecule has 0 aliphatic heterocycles. The molecule has 0 spiro atoms. The molecule has 0 radical (unpaired) electrons. The van der Waals surface area contributed by atoms with Crippen molar-refractivity contribution in [2.75, 3.05) is 19.0 Å². The average molecular weight is 458 g/mol. The second-order valence-corrected chi connectivity index (χ2v) is 7.63. The van der Waals surface area contributed by atoms with E-state index in [4.69, 9.17) is 9.15 Å². The maximum absolute atomic E-state index is 14.6. The van der Waals surface area contributed by atoms with Crippen molar-refractivity contribution in [1.82, 2.24) is 19.1 Å². The lowest BCUT2D eigenvalue weighted by molar-refractivity contribution is 0.419. The summed E-state index contributed by atoms with van der Waals surface area (Å²) in [5.41, 5.74) is 3.28. The Bertz CT molecular complexity index is 1640. The van der Waals surface area contributed by atoms with Crippen molar-refractivity contribution in [3.05, 3.63) is 70.9 Å². The van der Waals surface area contributed by atoms with Crippen molar-refractivity contribution in [2.24, 2.45) is 7.05 Å². The number of oxazole rings is 1. The highest BCUT2D eigenvalue weighted by Gasteiger charge is 2.16. The number of ether oxygens (including phenoxy) is 1. The maximum atomic E-state index is 14.6. The van der Waals surface area contributed by atoms with E-state index in [1.807, 2.05) is 12.1 Å². The molecule has 1 N–H and O–H groups in total. The Labute approximate surface area is 192 Å². The smallest absolute Gasteiger partial charge is 0.419 e. The Balaban J connectivity index is 1.39. The number of nitriles is 1. The normalized spacial score (nSPS) is 11.1. The van der Waals surface area contributed by atoms with E-state index in [1.54, 1.807) is 35.9 Å². The lowest BCUT2D eigenvalue weighted by atomic mass is 10.1. The summed E-state index contributed by atoms with van der Waals surface area (Å²) in [5.74, 6) is 0.220. The molecule has 0 fully saturated rings. The molecule has 34 heavy (non-hydrogen) atoms. The van der Waals surface area contributed by atoms with Crippen LogP contribution >= 0.6 is 0 Å². The van der Waals surface area contributed by atoms with E-state index in [0.29, 0.717) is 58.0 Å². The summed E-state index contributed by atoms with van der Waals surface area (Å²) in [7, 11) is 3.15. The quantitative estimate of drug-likeness (QED) is 0.413. The van der Waals surface area contributed by atoms with Crippen LogP contribution in [0.3, 0.4) is 0 Å². The van der Waals surface area contributed by atoms with Gasteiger partial charge in [0.15, 0.2) is 5.58 Å². The topological polar surface area (TPSA) is 111 Å². The fraction of sp³-hybridized carbons (Fsp3) is 0.167. The molecule has 0 bridgehead atoms. The number of nitrogens with one attached hydrogen (secondary N) is 1. The van der Waals surface area contributed by atoms with Crippen molar-refractivity contribution in [2.45, 2.75) is 6.54 Å². The zero-order valence-electron chi connectivity index (χ0n) is 18.4. The summed E-state index contributed by atoms with van der Waals surface area (Å²) in [6.07, 6.45) is 1.44. The van der Waals surface area contributed by atoms with Gasteiger partial charge in [0, 0.05) is 37.2 Å². The number of hydrogen-bond acceptors (Lipinski definition) is 7. The van der Waals surface area contributed by atoms with Crippen LogP contribution in [0.4, 0.5) is 10.2 Å². The van der Waals surface area contributed by atoms with E-state index >= 15 is 0 Å². The number of aryl methyl sites for hydroxylation is 1. The molecular formula is C24H19FN6O3. The highest BCUT2D eigenvalue weighted by Crippen LogP contribution is 2.31. The van der Waals surface area contributed by atoms with Gasteiger partial charge in [-0.2, -0.15) is 5.26 Å². The highest BCUT2D eigenvalue weighted by atomic mass is 19.1. The molecule has 0 amide bonds. The minimum atomic E-state index is -0.430. The molecule has 5 aromatic rings. The monoisotopic (exact) mass is 458 g/mol. The van der Waals surface area contributed by atoms with Gasteiger partial charge < -0.3 is 19.0 Å². The second kappa shape index (κ2) is 8.37. The van der Waals surface area contributed by atoms with Crippen LogP contribution in [0.25, 0.3) is 33.3 Å². The van der Waals surface area contributed by atoms with Crippen molar-refractivity contribution in [1.29, 1.82) is 5.26 Å². The van der Waals surface area contributed by atoms with Crippen molar-refractivity contribution >= 4 is 27.8 Å². The van der Waals surface area contributed by atoms with Crippen LogP contribution in [0.15, 0.2) is 58.0 Å². The molecule has 0 atom stereocenters. The van der Waals surface area contributed by atoms with Crippen LogP contribution in [0.2, 0.25) is 0 Å². The van der Waals surface area contributed by atoms with E-state index in [2.05, 4.69) is 21.4 Å². The molecule has 10 heteroatoms. The second-order valence-electron chi connectivity index (χ2n) is 7.63. The van der Waals surface area contributed by atoms with Gasteiger partial charge in [0.1, 0.15) is 35.5 Å². The van der Waals surface area contributed by atoms with Crippen LogP contribution < -0.4 is 15.8 Å². The largest absolute Gasteiger partial charge is 0.496 e. The first-order valence-corrected chi connectivity index (χ1v) is 10.4. The van der Waals surface area contributed by atoms with Crippen LogP contribution in [0.1, 0.15) is 5.69 Å². The van der Waals surface area contributed by atoms with Crippen molar-refractivity contribution in [3.8, 4) is 23.1 Å². The number of rotatable bonds is 6. The van der Waals surface area contributed by atoms with E-state index in [1.165, 1.54) is 24.1 Å². The number of hydrogen-bond donors (Lipinski definition) is 1. The van der Waals surface area contributed by atoms with Crippen molar-refractivity contribution in [3.63, 3.8) is 0 Å². The van der Waals surface area contributed by atoms with Gasteiger partial charge in [-0.3, -0.25) is 4.57 Å². The molecule has 3 aromatic heterocycles. The Kier molecular flexibility index (Phi) is 5.22. The van der Waals surface area contributed by atoms with Gasteiger partial charge in [-0.1, -0.05) is 0 Å². The highest BCUT2D eigenvalue weighted by molar-refractivity contribution is 5.89. The number of anilines is 1. The molecule has 0 saturated carbocycles. The SMILES string of the molecule is COc1ccc(F)c2c1cc(C#N)n2CCNc1cc(-c2ccc3oc(=O)n(C)c3c2)ncn1. The van der Waals surface area contributed by atoms with Crippen LogP contribution in [-0.2, 0) is 13.6 Å². The third kappa shape index (κ3) is 3.53. The Morgan fingerprint density at radius 2 is 2.06 bits per heavy atom. The van der Waals surface area contributed by atoms with Crippen LogP contribution in [0.5, 0.6) is 5.75 Å². The molecule has 0 aliphatic carbocycles. The van der Waals surface area contributed by atoms with E-state index in [0.717, 1.165) is 5.56 Å². The number of benzene rings is 2. The number of aromatic nitrogens is 4. The van der Waals surface area contributed by atoms with Gasteiger partial charge in [0.25, 0.3) is 0 Å². The molecule has 5 rings (SSSR count). The number of fused-ring (bicyclic) bond motifs is 2. The number of nitrogens with zero attached hydrogens (tertiary/aromatic N) is 5. The van der Waals surface area contributed by atoms with Gasteiger partial charge in [-0.15, -0.1) is 0 Å². The van der Waals surface area contributed by atoms with E-state index in [9.17, 15) is 14.4 Å². The standard InChI is InChI=1S/C24H19FN6O3/c1-30-19-9-14(3-5-21(19)34-24(30)32)18-11-22(29-13-28-18)27-7-8-31-15(12-26)10-16-20(33-2)6-4-17(25)23(16)31/h3-6,9-11,13H,7-8H2,1-2H3,(H,27,28,29). The summed E-state index contributed by atoms with van der Waals surface area (Å²) in [6.45, 7) is 0.722. The summed E-state index contributed by atoms with van der Waals surface area (Å²) < 4.78 is 28.1. The van der Waals surface area contributed by atoms with E-state index < -0.39 is 11.6 Å². The predicted molar refractivity (Wildman–Crippen MR) is 124 cm³/mol. The molecule has 2 aromatic carbocycles.